The van der Waals surface area contributed by atoms with Crippen molar-refractivity contribution in [3.05, 3.63) is 23.3 Å². The maximum atomic E-state index is 11.9. The monoisotopic (exact) mass is 322 g/mol. The molecule has 0 atom stereocenters. The van der Waals surface area contributed by atoms with Gasteiger partial charge in [0, 0.05) is 35.9 Å². The van der Waals surface area contributed by atoms with Crippen molar-refractivity contribution < 1.29 is 19.0 Å². The number of nitrogens with zero attached hydrogens (tertiary/aromatic N) is 1. The molecule has 1 amide bonds. The minimum absolute atomic E-state index is 0.0790. The highest BCUT2D eigenvalue weighted by atomic mass is 16.5. The van der Waals surface area contributed by atoms with Crippen LogP contribution in [0.2, 0.25) is 0 Å². The number of benzene rings is 1. The summed E-state index contributed by atoms with van der Waals surface area (Å²) in [4.78, 5) is 14.2. The number of carbonyl (C=O) groups excluding carboxylic acids is 1. The van der Waals surface area contributed by atoms with Crippen LogP contribution < -0.4 is 15.2 Å². The molecule has 6 heteroatoms. The molecule has 23 heavy (non-hydrogen) atoms. The van der Waals surface area contributed by atoms with Crippen LogP contribution in [0.25, 0.3) is 0 Å². The first kappa shape index (κ1) is 17.6. The largest absolute Gasteiger partial charge is 0.497 e. The van der Waals surface area contributed by atoms with E-state index in [0.29, 0.717) is 36.7 Å². The summed E-state index contributed by atoms with van der Waals surface area (Å²) < 4.78 is 16.3. The first-order valence-electron chi connectivity index (χ1n) is 7.73. The zero-order valence-electron chi connectivity index (χ0n) is 14.3. The summed E-state index contributed by atoms with van der Waals surface area (Å²) >= 11 is 0. The Labute approximate surface area is 137 Å². The summed E-state index contributed by atoms with van der Waals surface area (Å²) in [5.74, 6) is 0.717. The molecule has 1 aliphatic heterocycles. The van der Waals surface area contributed by atoms with Crippen molar-refractivity contribution in [1.82, 2.24) is 4.90 Å². The molecule has 1 saturated heterocycles. The maximum absolute atomic E-state index is 11.9. The lowest BCUT2D eigenvalue weighted by molar-refractivity contribution is -0.00769. The molecule has 2 N–H and O–H groups in total. The van der Waals surface area contributed by atoms with Crippen LogP contribution in [0.1, 0.15) is 28.8 Å². The van der Waals surface area contributed by atoms with Crippen LogP contribution in [-0.2, 0) is 11.2 Å². The summed E-state index contributed by atoms with van der Waals surface area (Å²) in [6.45, 7) is 1.42. The van der Waals surface area contributed by atoms with Crippen molar-refractivity contribution in [1.29, 1.82) is 0 Å². The molecule has 1 fully saturated rings. The quantitative estimate of drug-likeness (QED) is 0.858. The third-order valence-corrected chi connectivity index (χ3v) is 4.78. The molecule has 1 aliphatic rings. The Morgan fingerprint density at radius 2 is 1.91 bits per heavy atom. The average Bonchev–Trinajstić information content (AvgIpc) is 2.55. The first-order chi connectivity index (χ1) is 10.9. The van der Waals surface area contributed by atoms with Gasteiger partial charge in [0.2, 0.25) is 5.91 Å². The SMILES string of the molecule is COc1cc(OC)c(CC2(N(C)C)CCOCC2)c(C(N)=O)c1. The van der Waals surface area contributed by atoms with E-state index in [2.05, 4.69) is 19.0 Å². The number of methoxy groups -OCH3 is 2. The van der Waals surface area contributed by atoms with Gasteiger partial charge < -0.3 is 24.8 Å². The van der Waals surface area contributed by atoms with E-state index in [1.54, 1.807) is 26.4 Å². The molecule has 0 aliphatic carbocycles. The molecule has 1 heterocycles. The van der Waals surface area contributed by atoms with Crippen molar-refractivity contribution >= 4 is 5.91 Å². The van der Waals surface area contributed by atoms with Gasteiger partial charge in [-0.15, -0.1) is 0 Å². The van der Waals surface area contributed by atoms with E-state index in [4.69, 9.17) is 19.9 Å². The second kappa shape index (κ2) is 7.19. The van der Waals surface area contributed by atoms with Crippen LogP contribution in [0.3, 0.4) is 0 Å². The van der Waals surface area contributed by atoms with E-state index in [9.17, 15) is 4.79 Å². The van der Waals surface area contributed by atoms with Crippen LogP contribution in [0, 0.1) is 0 Å². The molecule has 0 saturated carbocycles. The summed E-state index contributed by atoms with van der Waals surface area (Å²) in [6, 6.07) is 3.48. The molecule has 2 rings (SSSR count). The normalized spacial score (nSPS) is 17.1. The minimum atomic E-state index is -0.474. The van der Waals surface area contributed by atoms with Gasteiger partial charge in [-0.25, -0.2) is 0 Å². The van der Waals surface area contributed by atoms with Gasteiger partial charge in [0.1, 0.15) is 11.5 Å². The number of hydrogen-bond donors (Lipinski definition) is 1. The predicted molar refractivity (Wildman–Crippen MR) is 88.2 cm³/mol. The van der Waals surface area contributed by atoms with Gasteiger partial charge in [-0.3, -0.25) is 4.79 Å². The Balaban J connectivity index is 2.50. The smallest absolute Gasteiger partial charge is 0.249 e. The lowest BCUT2D eigenvalue weighted by Gasteiger charge is -2.43. The Bertz CT molecular complexity index is 566. The van der Waals surface area contributed by atoms with E-state index in [1.807, 2.05) is 0 Å². The van der Waals surface area contributed by atoms with Gasteiger partial charge in [0.25, 0.3) is 0 Å². The third kappa shape index (κ3) is 3.59. The molecule has 0 bridgehead atoms. The fraction of sp³-hybridized carbons (Fsp3) is 0.588. The van der Waals surface area contributed by atoms with Gasteiger partial charge in [0.15, 0.2) is 0 Å². The Kier molecular flexibility index (Phi) is 5.49. The molecule has 128 valence electrons. The number of amides is 1. The van der Waals surface area contributed by atoms with Crippen LogP contribution >= 0.6 is 0 Å². The maximum Gasteiger partial charge on any atom is 0.249 e. The Morgan fingerprint density at radius 1 is 1.26 bits per heavy atom. The van der Waals surface area contributed by atoms with Gasteiger partial charge >= 0.3 is 0 Å². The van der Waals surface area contributed by atoms with Crippen molar-refractivity contribution in [3.63, 3.8) is 0 Å². The number of hydrogen-bond acceptors (Lipinski definition) is 5. The molecular weight excluding hydrogens is 296 g/mol. The lowest BCUT2D eigenvalue weighted by Crippen LogP contribution is -2.50. The number of likely N-dealkylation sites (N-methyl/N-ethyl adjacent to an activating group) is 1. The third-order valence-electron chi connectivity index (χ3n) is 4.78. The Morgan fingerprint density at radius 3 is 2.39 bits per heavy atom. The topological polar surface area (TPSA) is 74.0 Å². The molecule has 0 aromatic heterocycles. The fourth-order valence-electron chi connectivity index (χ4n) is 3.18. The molecule has 0 radical (unpaired) electrons. The van der Waals surface area contributed by atoms with Gasteiger partial charge in [-0.05, 0) is 39.4 Å². The summed E-state index contributed by atoms with van der Waals surface area (Å²) in [6.07, 6.45) is 2.47. The van der Waals surface area contributed by atoms with Crippen molar-refractivity contribution in [2.75, 3.05) is 41.5 Å². The van der Waals surface area contributed by atoms with E-state index in [-0.39, 0.29) is 5.54 Å². The number of ether oxygens (including phenoxy) is 3. The predicted octanol–water partition coefficient (Wildman–Crippen LogP) is 1.46. The summed E-state index contributed by atoms with van der Waals surface area (Å²) in [5.41, 5.74) is 6.80. The zero-order valence-corrected chi connectivity index (χ0v) is 14.3. The summed E-state index contributed by atoms with van der Waals surface area (Å²) in [5, 5.41) is 0. The highest BCUT2D eigenvalue weighted by Gasteiger charge is 2.37. The zero-order chi connectivity index (χ0) is 17.0. The lowest BCUT2D eigenvalue weighted by atomic mass is 9.81. The molecular formula is C17H26N2O4. The van der Waals surface area contributed by atoms with E-state index >= 15 is 0 Å². The van der Waals surface area contributed by atoms with Crippen molar-refractivity contribution in [3.8, 4) is 11.5 Å². The number of rotatable bonds is 6. The van der Waals surface area contributed by atoms with E-state index in [0.717, 1.165) is 18.4 Å². The van der Waals surface area contributed by atoms with Gasteiger partial charge in [-0.2, -0.15) is 0 Å². The van der Waals surface area contributed by atoms with E-state index < -0.39 is 5.91 Å². The van der Waals surface area contributed by atoms with E-state index in [1.165, 1.54) is 0 Å². The molecule has 0 unspecified atom stereocenters. The average molecular weight is 322 g/mol. The van der Waals surface area contributed by atoms with Crippen molar-refractivity contribution in [2.45, 2.75) is 24.8 Å². The second-order valence-electron chi connectivity index (χ2n) is 6.13. The molecule has 1 aromatic rings. The Hall–Kier alpha value is -1.79. The highest BCUT2D eigenvalue weighted by Crippen LogP contribution is 2.36. The van der Waals surface area contributed by atoms with Crippen LogP contribution in [0.5, 0.6) is 11.5 Å². The van der Waals surface area contributed by atoms with Crippen LogP contribution in [0.15, 0.2) is 12.1 Å². The highest BCUT2D eigenvalue weighted by molar-refractivity contribution is 5.95. The molecule has 0 spiro atoms. The standard InChI is InChI=1S/C17H26N2O4/c1-19(2)17(5-7-23-8-6-17)11-14-13(16(18)20)9-12(21-3)10-15(14)22-4/h9-10H,5-8,11H2,1-4H3,(H2,18,20). The minimum Gasteiger partial charge on any atom is -0.497 e. The molecule has 1 aromatic carbocycles. The second-order valence-corrected chi connectivity index (χ2v) is 6.13. The van der Waals surface area contributed by atoms with Crippen molar-refractivity contribution in [2.24, 2.45) is 5.73 Å². The van der Waals surface area contributed by atoms with Gasteiger partial charge in [-0.1, -0.05) is 0 Å². The number of carbonyl (C=O) groups is 1. The number of primary amides is 1. The molecule has 6 nitrogen and oxygen atoms in total. The first-order valence-corrected chi connectivity index (χ1v) is 7.73. The summed E-state index contributed by atoms with van der Waals surface area (Å²) in [7, 11) is 7.27. The van der Waals surface area contributed by atoms with Gasteiger partial charge in [0.05, 0.1) is 14.2 Å². The van der Waals surface area contributed by atoms with Crippen LogP contribution in [-0.4, -0.2) is 57.9 Å². The number of nitrogens with two attached hydrogens (primary N) is 1. The fourth-order valence-corrected chi connectivity index (χ4v) is 3.18. The van der Waals surface area contributed by atoms with Crippen LogP contribution in [0.4, 0.5) is 0 Å².